The quantitative estimate of drug-likeness (QED) is 0.311. The summed E-state index contributed by atoms with van der Waals surface area (Å²) in [5.41, 5.74) is 0. The molecule has 0 aliphatic carbocycles. The Morgan fingerprint density at radius 1 is 1.36 bits per heavy atom. The highest BCUT2D eigenvalue weighted by atomic mass is 16.3. The van der Waals surface area contributed by atoms with Crippen LogP contribution in [0.1, 0.15) is 19.3 Å². The van der Waals surface area contributed by atoms with Crippen molar-refractivity contribution < 1.29 is 14.7 Å². The summed E-state index contributed by atoms with van der Waals surface area (Å²) in [5, 5.41) is 10.8. The van der Waals surface area contributed by atoms with E-state index in [1.54, 1.807) is 0 Å². The molecule has 0 saturated carbocycles. The Kier molecular flexibility index (Phi) is 6.62. The van der Waals surface area contributed by atoms with Crippen LogP contribution in [0.2, 0.25) is 0 Å². The summed E-state index contributed by atoms with van der Waals surface area (Å²) >= 11 is 0. The van der Waals surface area contributed by atoms with Gasteiger partial charge in [-0.15, -0.1) is 0 Å². The molecule has 1 amide bonds. The molecule has 0 aliphatic rings. The average molecular weight is 159 g/mol. The molecule has 0 aromatic heterocycles. The molecule has 0 aromatic rings. The van der Waals surface area contributed by atoms with Crippen molar-refractivity contribution in [3.63, 3.8) is 0 Å². The van der Waals surface area contributed by atoms with E-state index in [4.69, 9.17) is 5.11 Å². The van der Waals surface area contributed by atoms with Crippen molar-refractivity contribution in [2.45, 2.75) is 19.3 Å². The lowest BCUT2D eigenvalue weighted by Crippen LogP contribution is -2.25. The van der Waals surface area contributed by atoms with Gasteiger partial charge in [0.15, 0.2) is 0 Å². The predicted octanol–water partition coefficient (Wildman–Crippen LogP) is -0.536. The minimum atomic E-state index is -0.575. The van der Waals surface area contributed by atoms with E-state index < -0.39 is 5.91 Å². The van der Waals surface area contributed by atoms with Gasteiger partial charge in [-0.2, -0.15) is 0 Å². The number of aliphatic hydroxyl groups is 1. The largest absolute Gasteiger partial charge is 0.396 e. The molecule has 0 heterocycles. The fourth-order valence-electron chi connectivity index (χ4n) is 0.667. The molecular weight excluding hydrogens is 146 g/mol. The Morgan fingerprint density at radius 3 is 2.64 bits per heavy atom. The van der Waals surface area contributed by atoms with Crippen LogP contribution in [-0.4, -0.2) is 30.5 Å². The van der Waals surface area contributed by atoms with Crippen LogP contribution in [0, 0.1) is 0 Å². The molecule has 0 radical (unpaired) electrons. The smallest absolute Gasteiger partial charge is 0.284 e. The zero-order valence-electron chi connectivity index (χ0n) is 6.38. The molecule has 0 aromatic carbocycles. The van der Waals surface area contributed by atoms with Crippen LogP contribution >= 0.6 is 0 Å². The molecule has 0 atom stereocenters. The maximum atomic E-state index is 10.3. The Hall–Kier alpha value is -0.900. The van der Waals surface area contributed by atoms with Gasteiger partial charge in [-0.25, -0.2) is 0 Å². The number of hydrogen-bond acceptors (Lipinski definition) is 3. The molecule has 0 fully saturated rings. The van der Waals surface area contributed by atoms with Crippen molar-refractivity contribution in [3.05, 3.63) is 0 Å². The Bertz CT molecular complexity index is 125. The van der Waals surface area contributed by atoms with Crippen LogP contribution in [0.3, 0.4) is 0 Å². The van der Waals surface area contributed by atoms with Crippen LogP contribution in [0.5, 0.6) is 0 Å². The fraction of sp³-hybridized carbons (Fsp3) is 0.714. The lowest BCUT2D eigenvalue weighted by Gasteiger charge is -1.98. The molecule has 0 rings (SSSR count). The highest BCUT2D eigenvalue weighted by molar-refractivity contribution is 6.23. The maximum Gasteiger partial charge on any atom is 0.284 e. The number of carbonyl (C=O) groups is 2. The Balaban J connectivity index is 3.01. The van der Waals surface area contributed by atoms with Crippen molar-refractivity contribution in [2.24, 2.45) is 0 Å². The second-order valence-corrected chi connectivity index (χ2v) is 2.19. The SMILES string of the molecule is O=CC(=O)NCCCCCO. The summed E-state index contributed by atoms with van der Waals surface area (Å²) in [6.07, 6.45) is 2.68. The predicted molar refractivity (Wildman–Crippen MR) is 40.0 cm³/mol. The van der Waals surface area contributed by atoms with Gasteiger partial charge in [-0.3, -0.25) is 9.59 Å². The first kappa shape index (κ1) is 10.1. The lowest BCUT2D eigenvalue weighted by atomic mass is 10.2. The van der Waals surface area contributed by atoms with Crippen molar-refractivity contribution in [2.75, 3.05) is 13.2 Å². The molecule has 0 saturated heterocycles. The topological polar surface area (TPSA) is 66.4 Å². The third-order valence-electron chi connectivity index (χ3n) is 1.24. The van der Waals surface area contributed by atoms with Gasteiger partial charge < -0.3 is 10.4 Å². The van der Waals surface area contributed by atoms with E-state index in [9.17, 15) is 9.59 Å². The first-order chi connectivity index (χ1) is 5.31. The van der Waals surface area contributed by atoms with E-state index >= 15 is 0 Å². The number of hydrogen-bond donors (Lipinski definition) is 2. The van der Waals surface area contributed by atoms with Gasteiger partial charge in [0.25, 0.3) is 5.91 Å². The number of carbonyl (C=O) groups excluding carboxylic acids is 2. The number of rotatable bonds is 6. The molecule has 4 nitrogen and oxygen atoms in total. The highest BCUT2D eigenvalue weighted by Gasteiger charge is 1.94. The summed E-state index contributed by atoms with van der Waals surface area (Å²) < 4.78 is 0. The van der Waals surface area contributed by atoms with Crippen molar-refractivity contribution >= 4 is 12.2 Å². The summed E-state index contributed by atoms with van der Waals surface area (Å²) in [4.78, 5) is 20.1. The number of amides is 1. The van der Waals surface area contributed by atoms with Crippen molar-refractivity contribution in [1.29, 1.82) is 0 Å². The highest BCUT2D eigenvalue weighted by Crippen LogP contribution is 1.91. The minimum absolute atomic E-state index is 0.182. The summed E-state index contributed by atoms with van der Waals surface area (Å²) in [6.45, 7) is 0.694. The standard InChI is InChI=1S/C7H13NO3/c9-5-3-1-2-4-8-7(11)6-10/h6,9H,1-5H2,(H,8,11). The van der Waals surface area contributed by atoms with Crippen molar-refractivity contribution in [3.8, 4) is 0 Å². The van der Waals surface area contributed by atoms with Crippen LogP contribution in [0.15, 0.2) is 0 Å². The third-order valence-corrected chi connectivity index (χ3v) is 1.24. The summed E-state index contributed by atoms with van der Waals surface area (Å²) in [6, 6.07) is 0. The molecule has 0 unspecified atom stereocenters. The van der Waals surface area contributed by atoms with Gasteiger partial charge in [0.2, 0.25) is 6.29 Å². The molecule has 4 heteroatoms. The third kappa shape index (κ3) is 6.99. The summed E-state index contributed by atoms with van der Waals surface area (Å²) in [5.74, 6) is -0.575. The minimum Gasteiger partial charge on any atom is -0.396 e. The molecular formula is C7H13NO3. The fourth-order valence-corrected chi connectivity index (χ4v) is 0.667. The first-order valence-corrected chi connectivity index (χ1v) is 3.65. The van der Waals surface area contributed by atoms with Gasteiger partial charge in [0, 0.05) is 13.2 Å². The molecule has 0 spiro atoms. The normalized spacial score (nSPS) is 9.18. The number of nitrogens with one attached hydrogen (secondary N) is 1. The number of unbranched alkanes of at least 4 members (excludes halogenated alkanes) is 2. The Labute approximate surface area is 65.6 Å². The van der Waals surface area contributed by atoms with Crippen LogP contribution in [0.25, 0.3) is 0 Å². The zero-order chi connectivity index (χ0) is 8.53. The van der Waals surface area contributed by atoms with Crippen molar-refractivity contribution in [1.82, 2.24) is 5.32 Å². The molecule has 0 aliphatic heterocycles. The van der Waals surface area contributed by atoms with E-state index in [2.05, 4.69) is 5.32 Å². The lowest BCUT2D eigenvalue weighted by molar-refractivity contribution is -0.131. The van der Waals surface area contributed by atoms with Gasteiger partial charge >= 0.3 is 0 Å². The number of aldehydes is 1. The van der Waals surface area contributed by atoms with Crippen LogP contribution in [-0.2, 0) is 9.59 Å². The van der Waals surface area contributed by atoms with E-state index in [1.165, 1.54) is 0 Å². The van der Waals surface area contributed by atoms with Gasteiger partial charge in [0.1, 0.15) is 0 Å². The number of aliphatic hydroxyl groups excluding tert-OH is 1. The molecule has 64 valence electrons. The zero-order valence-corrected chi connectivity index (χ0v) is 6.38. The average Bonchev–Trinajstić information content (AvgIpc) is 2.04. The first-order valence-electron chi connectivity index (χ1n) is 3.65. The molecule has 11 heavy (non-hydrogen) atoms. The van der Waals surface area contributed by atoms with Gasteiger partial charge in [-0.1, -0.05) is 0 Å². The van der Waals surface area contributed by atoms with E-state index in [0.717, 1.165) is 19.3 Å². The van der Waals surface area contributed by atoms with Gasteiger partial charge in [0.05, 0.1) is 0 Å². The second-order valence-electron chi connectivity index (χ2n) is 2.19. The van der Waals surface area contributed by atoms with E-state index in [-0.39, 0.29) is 12.9 Å². The van der Waals surface area contributed by atoms with Crippen LogP contribution in [0.4, 0.5) is 0 Å². The Morgan fingerprint density at radius 2 is 2.09 bits per heavy atom. The van der Waals surface area contributed by atoms with E-state index in [0.29, 0.717) is 6.54 Å². The van der Waals surface area contributed by atoms with E-state index in [1.807, 2.05) is 0 Å². The molecule has 2 N–H and O–H groups in total. The van der Waals surface area contributed by atoms with Crippen LogP contribution < -0.4 is 5.32 Å². The molecule has 0 bridgehead atoms. The second kappa shape index (κ2) is 7.21. The maximum absolute atomic E-state index is 10.3. The monoisotopic (exact) mass is 159 g/mol. The van der Waals surface area contributed by atoms with Gasteiger partial charge in [-0.05, 0) is 19.3 Å². The summed E-state index contributed by atoms with van der Waals surface area (Å²) in [7, 11) is 0.